The van der Waals surface area contributed by atoms with Crippen molar-refractivity contribution < 1.29 is 52.1 Å². The van der Waals surface area contributed by atoms with Gasteiger partial charge in [-0.05, 0) is 69.9 Å². The zero-order valence-corrected chi connectivity index (χ0v) is 31.9. The quantitative estimate of drug-likeness (QED) is 0.0911. The lowest BCUT2D eigenvalue weighted by Gasteiger charge is -2.42. The fourth-order valence-electron chi connectivity index (χ4n) is 4.41. The van der Waals surface area contributed by atoms with Gasteiger partial charge < -0.3 is 38.2 Å². The molecule has 1 fully saturated rings. The summed E-state index contributed by atoms with van der Waals surface area (Å²) in [4.78, 5) is 41.2. The summed E-state index contributed by atoms with van der Waals surface area (Å²) in [7, 11) is -2.14. The SMILES string of the molecule is CC(=O)OC1[C@H](Oc2ccc(NC(=O)COCCOCCONC(=O)OC(C)(C)C)cc2CO[Si](C)(C)C(C)(C)C)OC(C)[C@@H](C)[C@@H]1C. The molecule has 5 atom stereocenters. The molecule has 0 radical (unpaired) electrons. The molecule has 1 heterocycles. The van der Waals surface area contributed by atoms with Gasteiger partial charge in [-0.2, -0.15) is 5.48 Å². The maximum Gasteiger partial charge on any atom is 0.431 e. The Morgan fingerprint density at radius 3 is 2.19 bits per heavy atom. The van der Waals surface area contributed by atoms with Crippen LogP contribution in [0.15, 0.2) is 18.2 Å². The molecule has 0 spiro atoms. The number of amides is 2. The number of carbonyl (C=O) groups is 3. The maximum atomic E-state index is 12.7. The molecule has 2 N–H and O–H groups in total. The molecule has 1 aromatic carbocycles. The molecule has 1 saturated heterocycles. The summed E-state index contributed by atoms with van der Waals surface area (Å²) in [5.74, 6) is -0.0636. The van der Waals surface area contributed by atoms with Crippen LogP contribution in [-0.2, 0) is 49.1 Å². The Morgan fingerprint density at radius 1 is 0.917 bits per heavy atom. The highest BCUT2D eigenvalue weighted by molar-refractivity contribution is 6.74. The van der Waals surface area contributed by atoms with Gasteiger partial charge in [-0.3, -0.25) is 14.4 Å². The van der Waals surface area contributed by atoms with E-state index in [0.717, 1.165) is 5.56 Å². The van der Waals surface area contributed by atoms with Crippen LogP contribution in [0.2, 0.25) is 18.1 Å². The topological polar surface area (TPSA) is 149 Å². The number of anilines is 1. The van der Waals surface area contributed by atoms with Gasteiger partial charge in [0.2, 0.25) is 12.2 Å². The Kier molecular flexibility index (Phi) is 15.8. The van der Waals surface area contributed by atoms with E-state index in [1.165, 1.54) is 6.92 Å². The van der Waals surface area contributed by atoms with E-state index in [2.05, 4.69) is 51.6 Å². The smallest absolute Gasteiger partial charge is 0.431 e. The number of carbonyl (C=O) groups excluding carboxylic acids is 3. The second kappa shape index (κ2) is 18.3. The second-order valence-electron chi connectivity index (χ2n) is 14.7. The van der Waals surface area contributed by atoms with Crippen molar-refractivity contribution in [3.05, 3.63) is 23.8 Å². The Bertz CT molecular complexity index is 1200. The molecule has 0 aromatic heterocycles. The molecule has 0 aliphatic carbocycles. The summed E-state index contributed by atoms with van der Waals surface area (Å²) in [5.41, 5.74) is 2.83. The first kappa shape index (κ1) is 41.4. The van der Waals surface area contributed by atoms with Crippen molar-refractivity contribution in [2.75, 3.05) is 38.4 Å². The first-order valence-corrected chi connectivity index (χ1v) is 19.4. The van der Waals surface area contributed by atoms with Gasteiger partial charge in [-0.25, -0.2) is 4.79 Å². The first-order valence-electron chi connectivity index (χ1n) is 16.5. The zero-order chi connectivity index (χ0) is 36.3. The summed E-state index contributed by atoms with van der Waals surface area (Å²) in [6, 6.07) is 5.31. The van der Waals surface area contributed by atoms with Crippen molar-refractivity contribution in [3.63, 3.8) is 0 Å². The van der Waals surface area contributed by atoms with Crippen LogP contribution in [0.1, 0.15) is 74.8 Å². The van der Waals surface area contributed by atoms with Crippen molar-refractivity contribution in [1.82, 2.24) is 5.48 Å². The van der Waals surface area contributed by atoms with E-state index in [0.29, 0.717) is 11.4 Å². The molecule has 13 nitrogen and oxygen atoms in total. The van der Waals surface area contributed by atoms with E-state index in [1.807, 2.05) is 19.9 Å². The molecule has 1 aliphatic rings. The Balaban J connectivity index is 1.99. The summed E-state index contributed by atoms with van der Waals surface area (Å²) >= 11 is 0. The van der Waals surface area contributed by atoms with Crippen molar-refractivity contribution in [2.45, 2.75) is 118 Å². The summed E-state index contributed by atoms with van der Waals surface area (Å²) in [5, 5.41) is 2.85. The van der Waals surface area contributed by atoms with Crippen LogP contribution in [0.5, 0.6) is 5.75 Å². The monoisotopic (exact) mass is 698 g/mol. The minimum Gasteiger partial charge on any atom is -0.460 e. The fraction of sp³-hybridized carbons (Fsp3) is 0.735. The van der Waals surface area contributed by atoms with E-state index >= 15 is 0 Å². The van der Waals surface area contributed by atoms with Crippen LogP contribution < -0.4 is 15.5 Å². The van der Waals surface area contributed by atoms with E-state index in [-0.39, 0.29) is 68.5 Å². The van der Waals surface area contributed by atoms with Crippen molar-refractivity contribution in [3.8, 4) is 5.75 Å². The normalized spacial score (nSPS) is 21.7. The van der Waals surface area contributed by atoms with Crippen LogP contribution in [0, 0.1) is 11.8 Å². The van der Waals surface area contributed by atoms with Gasteiger partial charge in [0.1, 0.15) is 18.0 Å². The van der Waals surface area contributed by atoms with Crippen molar-refractivity contribution in [2.24, 2.45) is 11.8 Å². The standard InChI is InChI=1S/C34H58N2O11Si/c1-22-23(2)30(45-25(4)37)31(44-24(22)3)46-28-14-13-27(19-26(28)20-43-48(11,12)34(8,9)10)35-29(38)21-41-16-15-40-17-18-42-36-32(39)47-33(5,6)7/h13-14,19,22-24,30-31H,15-18,20-21H2,1-12H3,(H,35,38)(H,36,39)/t22-,23-,24?,30?,31-/m0/s1. The molecule has 1 aliphatic heterocycles. The van der Waals surface area contributed by atoms with E-state index < -0.39 is 38.4 Å². The summed E-state index contributed by atoms with van der Waals surface area (Å²) in [6.45, 7) is 24.4. The number of nitrogens with one attached hydrogen (secondary N) is 2. The number of hydroxylamine groups is 1. The predicted octanol–water partition coefficient (Wildman–Crippen LogP) is 5.96. The lowest BCUT2D eigenvalue weighted by Crippen LogP contribution is -2.52. The average molecular weight is 699 g/mol. The highest BCUT2D eigenvalue weighted by Crippen LogP contribution is 2.39. The second-order valence-corrected chi connectivity index (χ2v) is 19.5. The van der Waals surface area contributed by atoms with Crippen LogP contribution in [0.3, 0.4) is 0 Å². The Morgan fingerprint density at radius 2 is 1.56 bits per heavy atom. The van der Waals surface area contributed by atoms with Gasteiger partial charge in [0.15, 0.2) is 14.4 Å². The maximum absolute atomic E-state index is 12.7. The van der Waals surface area contributed by atoms with E-state index in [1.54, 1.807) is 32.9 Å². The van der Waals surface area contributed by atoms with Gasteiger partial charge in [0.25, 0.3) is 0 Å². The number of esters is 1. The summed E-state index contributed by atoms with van der Waals surface area (Å²) in [6.07, 6.45) is -2.20. The van der Waals surface area contributed by atoms with Crippen molar-refractivity contribution in [1.29, 1.82) is 0 Å². The number of ether oxygens (including phenoxy) is 6. The van der Waals surface area contributed by atoms with Crippen molar-refractivity contribution >= 4 is 32.0 Å². The molecule has 0 saturated carbocycles. The van der Waals surface area contributed by atoms with Crippen LogP contribution in [0.4, 0.5) is 10.5 Å². The molecule has 14 heteroatoms. The summed E-state index contributed by atoms with van der Waals surface area (Å²) < 4.78 is 40.7. The third kappa shape index (κ3) is 14.0. The van der Waals surface area contributed by atoms with Gasteiger partial charge in [-0.15, -0.1) is 0 Å². The first-order chi connectivity index (χ1) is 22.2. The number of benzene rings is 1. The number of rotatable bonds is 16. The van der Waals surface area contributed by atoms with Gasteiger partial charge in [0, 0.05) is 24.1 Å². The van der Waals surface area contributed by atoms with Crippen LogP contribution in [-0.4, -0.2) is 83.4 Å². The lowest BCUT2D eigenvalue weighted by atomic mass is 9.84. The largest absolute Gasteiger partial charge is 0.460 e. The third-order valence-corrected chi connectivity index (χ3v) is 13.0. The third-order valence-electron chi connectivity index (χ3n) is 8.48. The highest BCUT2D eigenvalue weighted by atomic mass is 28.4. The number of hydrogen-bond acceptors (Lipinski definition) is 11. The van der Waals surface area contributed by atoms with Gasteiger partial charge >= 0.3 is 12.1 Å². The Hall–Kier alpha value is -2.75. The van der Waals surface area contributed by atoms with E-state index in [4.69, 9.17) is 37.7 Å². The lowest BCUT2D eigenvalue weighted by molar-refractivity contribution is -0.243. The van der Waals surface area contributed by atoms with Crippen LogP contribution >= 0.6 is 0 Å². The Labute approximate surface area is 287 Å². The molecule has 48 heavy (non-hydrogen) atoms. The van der Waals surface area contributed by atoms with Crippen LogP contribution in [0.25, 0.3) is 0 Å². The van der Waals surface area contributed by atoms with Gasteiger partial charge in [0.05, 0.1) is 39.1 Å². The molecule has 274 valence electrons. The minimum atomic E-state index is -2.14. The molecule has 2 amide bonds. The molecule has 2 unspecified atom stereocenters. The van der Waals surface area contributed by atoms with E-state index in [9.17, 15) is 14.4 Å². The molecular weight excluding hydrogens is 640 g/mol. The average Bonchev–Trinajstić information content (AvgIpc) is 2.95. The highest BCUT2D eigenvalue weighted by Gasteiger charge is 2.43. The molecule has 2 rings (SSSR count). The van der Waals surface area contributed by atoms with Gasteiger partial charge in [-0.1, -0.05) is 34.6 Å². The molecule has 1 aromatic rings. The predicted molar refractivity (Wildman–Crippen MR) is 183 cm³/mol. The molecular formula is C34H58N2O11Si. The fourth-order valence-corrected chi connectivity index (χ4v) is 5.36. The molecule has 0 bridgehead atoms. The number of hydrogen-bond donors (Lipinski definition) is 2. The minimum absolute atomic E-state index is 0.00745. The zero-order valence-electron chi connectivity index (χ0n) is 30.9.